The average Bonchev–Trinajstić information content (AvgIpc) is 2.59. The van der Waals surface area contributed by atoms with Gasteiger partial charge >= 0.3 is 0 Å². The lowest BCUT2D eigenvalue weighted by atomic mass is 10.3. The summed E-state index contributed by atoms with van der Waals surface area (Å²) in [6.45, 7) is 6.90. The Balaban J connectivity index is 2.35. The van der Waals surface area contributed by atoms with Crippen molar-refractivity contribution in [3.63, 3.8) is 0 Å². The molecular weight excluding hydrogens is 246 g/mol. The van der Waals surface area contributed by atoms with Crippen LogP contribution in [0.2, 0.25) is 5.02 Å². The van der Waals surface area contributed by atoms with E-state index in [-0.39, 0.29) is 11.2 Å². The number of nitrogens with one attached hydrogen (secondary N) is 2. The predicted octanol–water partition coefficient (Wildman–Crippen LogP) is 3.38. The SMILES string of the molecule is [C-]#[N+]c1c(Nc2cccc(Cl)c2)s[nH]c1=O. The van der Waals surface area contributed by atoms with Gasteiger partial charge in [0.25, 0.3) is 11.2 Å². The standard InChI is InChI=1S/C10H6ClN3OS/c1-12-8-9(15)14-16-10(8)13-7-4-2-3-6(11)5-7/h2-5,13H,(H,14,15). The highest BCUT2D eigenvalue weighted by Crippen LogP contribution is 2.29. The number of hydrogen-bond acceptors (Lipinski definition) is 3. The summed E-state index contributed by atoms with van der Waals surface area (Å²) in [5, 5.41) is 4.07. The van der Waals surface area contributed by atoms with Crippen LogP contribution < -0.4 is 10.9 Å². The van der Waals surface area contributed by atoms with Crippen LogP contribution in [0.15, 0.2) is 29.1 Å². The van der Waals surface area contributed by atoms with Gasteiger partial charge in [-0.3, -0.25) is 9.17 Å². The molecule has 4 nitrogen and oxygen atoms in total. The van der Waals surface area contributed by atoms with Crippen molar-refractivity contribution in [2.75, 3.05) is 5.32 Å². The van der Waals surface area contributed by atoms with Crippen LogP contribution in [0.25, 0.3) is 4.85 Å². The lowest BCUT2D eigenvalue weighted by Crippen LogP contribution is -1.95. The molecule has 0 saturated heterocycles. The number of anilines is 2. The average molecular weight is 252 g/mol. The second kappa shape index (κ2) is 4.39. The van der Waals surface area contributed by atoms with Crippen molar-refractivity contribution < 1.29 is 0 Å². The highest BCUT2D eigenvalue weighted by atomic mass is 35.5. The molecule has 0 atom stereocenters. The van der Waals surface area contributed by atoms with Crippen LogP contribution >= 0.6 is 23.1 Å². The summed E-state index contributed by atoms with van der Waals surface area (Å²) in [5.41, 5.74) is 0.446. The molecule has 2 N–H and O–H groups in total. The van der Waals surface area contributed by atoms with E-state index in [1.807, 2.05) is 6.07 Å². The Labute approximate surface area is 100 Å². The smallest absolute Gasteiger partial charge is 0.285 e. The molecule has 0 fully saturated rings. The van der Waals surface area contributed by atoms with Gasteiger partial charge in [0.2, 0.25) is 0 Å². The Bertz CT molecular complexity index is 611. The Hall–Kier alpha value is -1.77. The van der Waals surface area contributed by atoms with Gasteiger partial charge in [-0.15, -0.1) is 0 Å². The summed E-state index contributed by atoms with van der Waals surface area (Å²) < 4.78 is 2.50. The Morgan fingerprint density at radius 3 is 3.00 bits per heavy atom. The van der Waals surface area contributed by atoms with Crippen LogP contribution in [0.1, 0.15) is 0 Å². The zero-order chi connectivity index (χ0) is 11.5. The highest BCUT2D eigenvalue weighted by Gasteiger charge is 2.10. The summed E-state index contributed by atoms with van der Waals surface area (Å²) >= 11 is 6.92. The molecular formula is C10H6ClN3OS. The number of halogens is 1. The van der Waals surface area contributed by atoms with Crippen LogP contribution in [0.4, 0.5) is 16.4 Å². The lowest BCUT2D eigenvalue weighted by molar-refractivity contribution is 1.44. The predicted molar refractivity (Wildman–Crippen MR) is 65.9 cm³/mol. The molecule has 2 rings (SSSR count). The van der Waals surface area contributed by atoms with Crippen molar-refractivity contribution in [2.45, 2.75) is 0 Å². The van der Waals surface area contributed by atoms with Crippen LogP contribution in [0.3, 0.4) is 0 Å². The third kappa shape index (κ3) is 2.08. The fourth-order valence-corrected chi connectivity index (χ4v) is 2.07. The maximum absolute atomic E-state index is 11.2. The Kier molecular flexibility index (Phi) is 2.95. The summed E-state index contributed by atoms with van der Waals surface area (Å²) in [7, 11) is 0. The van der Waals surface area contributed by atoms with Crippen LogP contribution in [-0.2, 0) is 0 Å². The van der Waals surface area contributed by atoms with Gasteiger partial charge in [-0.2, -0.15) is 0 Å². The number of H-pyrrole nitrogens is 1. The molecule has 16 heavy (non-hydrogen) atoms. The molecule has 6 heteroatoms. The zero-order valence-electron chi connectivity index (χ0n) is 7.95. The maximum atomic E-state index is 11.2. The highest BCUT2D eigenvalue weighted by molar-refractivity contribution is 7.11. The van der Waals surface area contributed by atoms with E-state index in [9.17, 15) is 4.79 Å². The van der Waals surface area contributed by atoms with Gasteiger partial charge in [0, 0.05) is 10.7 Å². The fraction of sp³-hybridized carbons (Fsp3) is 0. The monoisotopic (exact) mass is 251 g/mol. The second-order valence-corrected chi connectivity index (χ2v) is 4.21. The first-order valence-corrected chi connectivity index (χ1v) is 5.51. The van der Waals surface area contributed by atoms with Gasteiger partial charge < -0.3 is 5.32 Å². The molecule has 80 valence electrons. The molecule has 0 aliphatic heterocycles. The van der Waals surface area contributed by atoms with Crippen molar-refractivity contribution in [1.29, 1.82) is 0 Å². The molecule has 0 saturated carbocycles. The van der Waals surface area contributed by atoms with Crippen molar-refractivity contribution in [1.82, 2.24) is 4.37 Å². The molecule has 0 aliphatic rings. The van der Waals surface area contributed by atoms with E-state index in [1.165, 1.54) is 0 Å². The molecule has 0 radical (unpaired) electrons. The van der Waals surface area contributed by atoms with Crippen molar-refractivity contribution in [2.24, 2.45) is 0 Å². The minimum Gasteiger partial charge on any atom is -0.355 e. The third-order valence-electron chi connectivity index (χ3n) is 1.87. The number of nitrogens with zero attached hydrogens (tertiary/aromatic N) is 1. The Morgan fingerprint density at radius 1 is 1.50 bits per heavy atom. The first-order chi connectivity index (χ1) is 7.70. The topological polar surface area (TPSA) is 49.2 Å². The van der Waals surface area contributed by atoms with Crippen LogP contribution in [0, 0.1) is 6.57 Å². The van der Waals surface area contributed by atoms with E-state index in [2.05, 4.69) is 14.5 Å². The molecule has 0 spiro atoms. The number of benzene rings is 1. The van der Waals surface area contributed by atoms with E-state index in [4.69, 9.17) is 18.2 Å². The van der Waals surface area contributed by atoms with E-state index < -0.39 is 0 Å². The molecule has 0 unspecified atom stereocenters. The van der Waals surface area contributed by atoms with E-state index in [0.29, 0.717) is 10.0 Å². The third-order valence-corrected chi connectivity index (χ3v) is 2.89. The summed E-state index contributed by atoms with van der Waals surface area (Å²) in [6.07, 6.45) is 0. The van der Waals surface area contributed by atoms with Gasteiger partial charge in [-0.1, -0.05) is 29.2 Å². The van der Waals surface area contributed by atoms with Gasteiger partial charge in [-0.25, -0.2) is 4.85 Å². The van der Waals surface area contributed by atoms with Crippen LogP contribution in [-0.4, -0.2) is 4.37 Å². The Morgan fingerprint density at radius 2 is 2.31 bits per heavy atom. The molecule has 1 aromatic heterocycles. The number of hydrogen-bond donors (Lipinski definition) is 2. The minimum absolute atomic E-state index is 0.0741. The maximum Gasteiger partial charge on any atom is 0.285 e. The zero-order valence-corrected chi connectivity index (χ0v) is 9.52. The molecule has 1 aromatic carbocycles. The summed E-state index contributed by atoms with van der Waals surface area (Å²) in [4.78, 5) is 14.4. The molecule has 0 aliphatic carbocycles. The quantitative estimate of drug-likeness (QED) is 0.804. The van der Waals surface area contributed by atoms with Crippen molar-refractivity contribution in [3.8, 4) is 0 Å². The first-order valence-electron chi connectivity index (χ1n) is 4.32. The van der Waals surface area contributed by atoms with Crippen LogP contribution in [0.5, 0.6) is 0 Å². The molecule has 1 heterocycles. The van der Waals surface area contributed by atoms with Gasteiger partial charge in [-0.05, 0) is 18.2 Å². The van der Waals surface area contributed by atoms with Crippen molar-refractivity contribution in [3.05, 3.63) is 51.1 Å². The fourth-order valence-electron chi connectivity index (χ4n) is 1.18. The number of rotatable bonds is 2. The van der Waals surface area contributed by atoms with E-state index in [0.717, 1.165) is 17.2 Å². The molecule has 0 amide bonds. The van der Waals surface area contributed by atoms with E-state index in [1.54, 1.807) is 18.2 Å². The lowest BCUT2D eigenvalue weighted by Gasteiger charge is -2.03. The second-order valence-electron chi connectivity index (χ2n) is 2.96. The van der Waals surface area contributed by atoms with Gasteiger partial charge in [0.05, 0.1) is 6.57 Å². The summed E-state index contributed by atoms with van der Waals surface area (Å²) in [6, 6.07) is 7.07. The van der Waals surface area contributed by atoms with Crippen molar-refractivity contribution >= 4 is 39.5 Å². The molecule has 0 bridgehead atoms. The van der Waals surface area contributed by atoms with Gasteiger partial charge in [0.1, 0.15) is 5.00 Å². The largest absolute Gasteiger partial charge is 0.355 e. The summed E-state index contributed by atoms with van der Waals surface area (Å²) in [5.74, 6) is 0. The van der Waals surface area contributed by atoms with E-state index >= 15 is 0 Å². The number of aromatic amines is 1. The molecule has 2 aromatic rings. The minimum atomic E-state index is -0.371. The first kappa shape index (κ1) is 10.7. The van der Waals surface area contributed by atoms with Gasteiger partial charge in [0.15, 0.2) is 0 Å². The number of aromatic nitrogens is 1. The normalized spacial score (nSPS) is 9.75.